The second-order valence-electron chi connectivity index (χ2n) is 5.02. The monoisotopic (exact) mass is 360 g/mol. The molecular weight excluding hydrogens is 351 g/mol. The molecule has 0 unspecified atom stereocenters. The topological polar surface area (TPSA) is 85.4 Å². The highest BCUT2D eigenvalue weighted by atomic mass is 35.5. The Morgan fingerprint density at radius 3 is 2.64 bits per heavy atom. The highest BCUT2D eigenvalue weighted by Crippen LogP contribution is 2.28. The molecule has 1 aromatic heterocycles. The molecular formula is C17H10ClFN2O4. The molecule has 0 aliphatic heterocycles. The maximum atomic E-state index is 13.8. The number of nitrogens with zero attached hydrogens (tertiary/aromatic N) is 1. The third-order valence-electron chi connectivity index (χ3n) is 3.37. The van der Waals surface area contributed by atoms with Crippen LogP contribution in [0.3, 0.4) is 0 Å². The van der Waals surface area contributed by atoms with Crippen LogP contribution in [0.2, 0.25) is 5.02 Å². The summed E-state index contributed by atoms with van der Waals surface area (Å²) < 4.78 is 19.1. The Balaban J connectivity index is 1.82. The first-order chi connectivity index (χ1) is 12.0. The van der Waals surface area contributed by atoms with Crippen molar-refractivity contribution in [1.82, 2.24) is 0 Å². The molecule has 0 aliphatic rings. The van der Waals surface area contributed by atoms with Gasteiger partial charge in [-0.3, -0.25) is 14.9 Å². The molecule has 3 rings (SSSR count). The molecule has 0 atom stereocenters. The standard InChI is InChI=1S/C17H10ClFN2O4/c18-12-6-5-10(9-14(12)21(23)24)20-17(22)16-8-7-15(25-16)11-3-1-2-4-13(11)19/h1-9H,(H,20,22). The van der Waals surface area contributed by atoms with Crippen LogP contribution in [0, 0.1) is 15.9 Å². The minimum atomic E-state index is -0.652. The summed E-state index contributed by atoms with van der Waals surface area (Å²) in [4.78, 5) is 22.4. The lowest BCUT2D eigenvalue weighted by atomic mass is 10.1. The van der Waals surface area contributed by atoms with Crippen LogP contribution in [-0.2, 0) is 0 Å². The maximum absolute atomic E-state index is 13.8. The summed E-state index contributed by atoms with van der Waals surface area (Å²) in [5.41, 5.74) is 0.0829. The molecule has 1 amide bonds. The zero-order chi connectivity index (χ0) is 18.0. The summed E-state index contributed by atoms with van der Waals surface area (Å²) in [5, 5.41) is 13.3. The van der Waals surface area contributed by atoms with Gasteiger partial charge < -0.3 is 9.73 Å². The smallest absolute Gasteiger partial charge is 0.291 e. The van der Waals surface area contributed by atoms with Gasteiger partial charge in [0.2, 0.25) is 0 Å². The molecule has 0 radical (unpaired) electrons. The van der Waals surface area contributed by atoms with Crippen molar-refractivity contribution in [2.75, 3.05) is 5.32 Å². The van der Waals surface area contributed by atoms with Crippen LogP contribution < -0.4 is 5.32 Å². The number of nitro groups is 1. The number of halogens is 2. The van der Waals surface area contributed by atoms with Crippen LogP contribution in [0.15, 0.2) is 59.0 Å². The predicted octanol–water partition coefficient (Wildman–Crippen LogP) is 4.90. The summed E-state index contributed by atoms with van der Waals surface area (Å²) >= 11 is 5.72. The zero-order valence-corrected chi connectivity index (χ0v) is 13.3. The molecule has 0 fully saturated rings. The summed E-state index contributed by atoms with van der Waals surface area (Å²) in [6.45, 7) is 0. The van der Waals surface area contributed by atoms with Gasteiger partial charge >= 0.3 is 0 Å². The normalized spacial score (nSPS) is 10.5. The number of furan rings is 1. The van der Waals surface area contributed by atoms with Crippen LogP contribution in [0.5, 0.6) is 0 Å². The molecule has 0 saturated carbocycles. The summed E-state index contributed by atoms with van der Waals surface area (Å²) in [5.74, 6) is -0.961. The van der Waals surface area contributed by atoms with Crippen LogP contribution >= 0.6 is 11.6 Å². The van der Waals surface area contributed by atoms with Gasteiger partial charge in [0.05, 0.1) is 10.5 Å². The van der Waals surface area contributed by atoms with E-state index in [0.29, 0.717) is 0 Å². The van der Waals surface area contributed by atoms with E-state index in [-0.39, 0.29) is 33.5 Å². The van der Waals surface area contributed by atoms with Crippen LogP contribution in [0.25, 0.3) is 11.3 Å². The first kappa shape index (κ1) is 16.7. The molecule has 8 heteroatoms. The minimum Gasteiger partial charge on any atom is -0.451 e. The van der Waals surface area contributed by atoms with Crippen molar-refractivity contribution in [1.29, 1.82) is 0 Å². The molecule has 0 bridgehead atoms. The van der Waals surface area contributed by atoms with Gasteiger partial charge in [0.25, 0.3) is 11.6 Å². The molecule has 0 spiro atoms. The molecule has 2 aromatic carbocycles. The highest BCUT2D eigenvalue weighted by Gasteiger charge is 2.17. The number of hydrogen-bond acceptors (Lipinski definition) is 4. The number of carbonyl (C=O) groups excluding carboxylic acids is 1. The lowest BCUT2D eigenvalue weighted by molar-refractivity contribution is -0.384. The van der Waals surface area contributed by atoms with Gasteiger partial charge in [-0.1, -0.05) is 23.7 Å². The van der Waals surface area contributed by atoms with Gasteiger partial charge in [0, 0.05) is 11.8 Å². The summed E-state index contributed by atoms with van der Waals surface area (Å²) in [7, 11) is 0. The van der Waals surface area contributed by atoms with E-state index >= 15 is 0 Å². The number of hydrogen-bond donors (Lipinski definition) is 1. The van der Waals surface area contributed by atoms with Crippen LogP contribution in [-0.4, -0.2) is 10.8 Å². The van der Waals surface area contributed by atoms with Crippen molar-refractivity contribution >= 4 is 28.9 Å². The van der Waals surface area contributed by atoms with Gasteiger partial charge in [0.15, 0.2) is 5.76 Å². The Hall–Kier alpha value is -3.19. The van der Waals surface area contributed by atoms with Crippen molar-refractivity contribution < 1.29 is 18.5 Å². The Labute approximate surface area is 146 Å². The summed E-state index contributed by atoms with van der Waals surface area (Å²) in [6, 6.07) is 12.7. The average molecular weight is 361 g/mol. The second kappa shape index (κ2) is 6.74. The maximum Gasteiger partial charge on any atom is 0.291 e. The fourth-order valence-corrected chi connectivity index (χ4v) is 2.38. The first-order valence-corrected chi connectivity index (χ1v) is 7.43. The number of carbonyl (C=O) groups is 1. The van der Waals surface area contributed by atoms with E-state index in [2.05, 4.69) is 5.32 Å². The first-order valence-electron chi connectivity index (χ1n) is 7.06. The van der Waals surface area contributed by atoms with Gasteiger partial charge in [-0.25, -0.2) is 4.39 Å². The van der Waals surface area contributed by atoms with Gasteiger partial charge in [-0.15, -0.1) is 0 Å². The van der Waals surface area contributed by atoms with Crippen molar-refractivity contribution in [3.8, 4) is 11.3 Å². The quantitative estimate of drug-likeness (QED) is 0.529. The molecule has 6 nitrogen and oxygen atoms in total. The number of nitro benzene ring substituents is 1. The van der Waals surface area contributed by atoms with Crippen LogP contribution in [0.1, 0.15) is 10.6 Å². The molecule has 126 valence electrons. The number of rotatable bonds is 4. The Morgan fingerprint density at radius 2 is 1.92 bits per heavy atom. The molecule has 1 heterocycles. The van der Waals surface area contributed by atoms with E-state index in [9.17, 15) is 19.3 Å². The van der Waals surface area contributed by atoms with E-state index in [1.165, 1.54) is 36.4 Å². The molecule has 3 aromatic rings. The van der Waals surface area contributed by atoms with Crippen molar-refractivity contribution in [2.45, 2.75) is 0 Å². The third kappa shape index (κ3) is 3.51. The Morgan fingerprint density at radius 1 is 1.16 bits per heavy atom. The average Bonchev–Trinajstić information content (AvgIpc) is 3.06. The van der Waals surface area contributed by atoms with E-state index < -0.39 is 16.6 Å². The summed E-state index contributed by atoms with van der Waals surface area (Å²) in [6.07, 6.45) is 0. The fraction of sp³-hybridized carbons (Fsp3) is 0. The molecule has 0 aliphatic carbocycles. The third-order valence-corrected chi connectivity index (χ3v) is 3.69. The van der Waals surface area contributed by atoms with E-state index in [4.69, 9.17) is 16.0 Å². The van der Waals surface area contributed by atoms with Crippen LogP contribution in [0.4, 0.5) is 15.8 Å². The van der Waals surface area contributed by atoms with Crippen molar-refractivity contribution in [3.05, 3.63) is 81.3 Å². The highest BCUT2D eigenvalue weighted by molar-refractivity contribution is 6.32. The fourth-order valence-electron chi connectivity index (χ4n) is 2.19. The van der Waals surface area contributed by atoms with Gasteiger partial charge in [-0.2, -0.15) is 0 Å². The second-order valence-corrected chi connectivity index (χ2v) is 5.43. The van der Waals surface area contributed by atoms with Gasteiger partial charge in [0.1, 0.15) is 16.6 Å². The van der Waals surface area contributed by atoms with E-state index in [1.54, 1.807) is 12.1 Å². The lowest BCUT2D eigenvalue weighted by Gasteiger charge is -2.04. The predicted molar refractivity (Wildman–Crippen MR) is 90.2 cm³/mol. The van der Waals surface area contributed by atoms with E-state index in [0.717, 1.165) is 6.07 Å². The minimum absolute atomic E-state index is 0.0390. The Bertz CT molecular complexity index is 971. The lowest BCUT2D eigenvalue weighted by Crippen LogP contribution is -2.11. The Kier molecular flexibility index (Phi) is 4.49. The number of nitrogens with one attached hydrogen (secondary N) is 1. The molecule has 1 N–H and O–H groups in total. The van der Waals surface area contributed by atoms with Gasteiger partial charge in [-0.05, 0) is 36.4 Å². The number of anilines is 1. The van der Waals surface area contributed by atoms with Crippen molar-refractivity contribution in [2.24, 2.45) is 0 Å². The van der Waals surface area contributed by atoms with E-state index in [1.807, 2.05) is 0 Å². The molecule has 25 heavy (non-hydrogen) atoms. The SMILES string of the molecule is O=C(Nc1ccc(Cl)c([N+](=O)[O-])c1)c1ccc(-c2ccccc2F)o1. The molecule has 0 saturated heterocycles. The largest absolute Gasteiger partial charge is 0.451 e. The number of benzene rings is 2. The zero-order valence-electron chi connectivity index (χ0n) is 12.5. The van der Waals surface area contributed by atoms with Crippen molar-refractivity contribution in [3.63, 3.8) is 0 Å². The number of amides is 1.